The van der Waals surface area contributed by atoms with Gasteiger partial charge in [0, 0.05) is 19.1 Å². The van der Waals surface area contributed by atoms with Gasteiger partial charge in [-0.05, 0) is 19.8 Å². The van der Waals surface area contributed by atoms with Crippen LogP contribution in [0.3, 0.4) is 0 Å². The highest BCUT2D eigenvalue weighted by atomic mass is 16.5. The van der Waals surface area contributed by atoms with Crippen molar-refractivity contribution in [3.05, 3.63) is 0 Å². The number of aldehydes is 1. The molecule has 0 rings (SSSR count). The molecule has 0 heterocycles. The maximum Gasteiger partial charge on any atom is 0.123 e. The van der Waals surface area contributed by atoms with Crippen LogP contribution in [-0.2, 0) is 9.53 Å². The molecule has 0 spiro atoms. The fraction of sp³-hybridized carbons (Fsp3) is 0.900. The molecule has 74 valence electrons. The topological polar surface area (TPSA) is 26.3 Å². The zero-order chi connectivity index (χ0) is 9.98. The Morgan fingerprint density at radius 2 is 1.58 bits per heavy atom. The van der Waals surface area contributed by atoms with Crippen LogP contribution in [0.25, 0.3) is 0 Å². The molecule has 2 heteroatoms. The Labute approximate surface area is 76.3 Å². The summed E-state index contributed by atoms with van der Waals surface area (Å²) < 4.78 is 4.83. The Morgan fingerprint density at radius 3 is 1.58 bits per heavy atom. The van der Waals surface area contributed by atoms with Gasteiger partial charge in [-0.3, -0.25) is 0 Å². The van der Waals surface area contributed by atoms with Crippen molar-refractivity contribution in [2.75, 3.05) is 13.2 Å². The molecular weight excluding hydrogens is 152 g/mol. The predicted molar refractivity (Wildman–Crippen MR) is 52.2 cm³/mol. The van der Waals surface area contributed by atoms with Crippen molar-refractivity contribution in [2.24, 2.45) is 11.8 Å². The first-order valence-corrected chi connectivity index (χ1v) is 4.63. The van der Waals surface area contributed by atoms with Crippen molar-refractivity contribution in [2.45, 2.75) is 34.6 Å². The molecule has 2 nitrogen and oxygen atoms in total. The van der Waals surface area contributed by atoms with E-state index in [4.69, 9.17) is 4.74 Å². The van der Waals surface area contributed by atoms with Crippen molar-refractivity contribution in [3.8, 4) is 0 Å². The van der Waals surface area contributed by atoms with Gasteiger partial charge in [0.05, 0.1) is 0 Å². The smallest absolute Gasteiger partial charge is 0.123 e. The van der Waals surface area contributed by atoms with E-state index >= 15 is 0 Å². The molecule has 0 aromatic rings. The van der Waals surface area contributed by atoms with Gasteiger partial charge in [-0.25, -0.2) is 0 Å². The number of rotatable bonds is 4. The van der Waals surface area contributed by atoms with Gasteiger partial charge in [0.1, 0.15) is 6.29 Å². The van der Waals surface area contributed by atoms with Crippen LogP contribution < -0.4 is 0 Å². The van der Waals surface area contributed by atoms with Gasteiger partial charge in [0.15, 0.2) is 0 Å². The van der Waals surface area contributed by atoms with E-state index in [1.807, 2.05) is 34.6 Å². The number of hydrogen-bond donors (Lipinski definition) is 0. The summed E-state index contributed by atoms with van der Waals surface area (Å²) in [5.74, 6) is 0.720. The Balaban J connectivity index is 0. The van der Waals surface area contributed by atoms with Crippen LogP contribution in [0.15, 0.2) is 0 Å². The molecule has 1 unspecified atom stereocenters. The second-order valence-electron chi connectivity index (χ2n) is 3.02. The van der Waals surface area contributed by atoms with E-state index < -0.39 is 0 Å². The Hall–Kier alpha value is -0.370. The molecule has 0 amide bonds. The van der Waals surface area contributed by atoms with Crippen LogP contribution in [0.5, 0.6) is 0 Å². The molecule has 0 aliphatic rings. The highest BCUT2D eigenvalue weighted by Gasteiger charge is 2.02. The lowest BCUT2D eigenvalue weighted by atomic mass is 10.0. The monoisotopic (exact) mass is 174 g/mol. The first kappa shape index (κ1) is 14.2. The van der Waals surface area contributed by atoms with E-state index in [1.54, 1.807) is 0 Å². The summed E-state index contributed by atoms with van der Waals surface area (Å²) in [5, 5.41) is 0. The van der Waals surface area contributed by atoms with Gasteiger partial charge in [-0.2, -0.15) is 0 Å². The lowest BCUT2D eigenvalue weighted by Gasteiger charge is -2.04. The summed E-state index contributed by atoms with van der Waals surface area (Å²) in [6, 6.07) is 0. The van der Waals surface area contributed by atoms with Crippen molar-refractivity contribution in [3.63, 3.8) is 0 Å². The second-order valence-corrected chi connectivity index (χ2v) is 3.02. The van der Waals surface area contributed by atoms with Crippen molar-refractivity contribution in [1.82, 2.24) is 0 Å². The van der Waals surface area contributed by atoms with Crippen molar-refractivity contribution >= 4 is 6.29 Å². The minimum atomic E-state index is 0.222. The summed E-state index contributed by atoms with van der Waals surface area (Å²) in [4.78, 5) is 9.95. The van der Waals surface area contributed by atoms with Crippen LogP contribution in [0.2, 0.25) is 0 Å². The van der Waals surface area contributed by atoms with E-state index in [2.05, 4.69) is 0 Å². The van der Waals surface area contributed by atoms with Crippen LogP contribution in [-0.4, -0.2) is 19.5 Å². The predicted octanol–water partition coefficient (Wildman–Crippen LogP) is 2.52. The first-order chi connectivity index (χ1) is 5.59. The summed E-state index contributed by atoms with van der Waals surface area (Å²) in [6.07, 6.45) is 0.991. The third-order valence-corrected chi connectivity index (χ3v) is 1.67. The van der Waals surface area contributed by atoms with E-state index in [0.29, 0.717) is 5.92 Å². The molecule has 0 saturated heterocycles. The molecule has 0 aliphatic heterocycles. The fourth-order valence-electron chi connectivity index (χ4n) is 0.361. The molecule has 1 atom stereocenters. The van der Waals surface area contributed by atoms with Crippen molar-refractivity contribution < 1.29 is 9.53 Å². The van der Waals surface area contributed by atoms with Crippen molar-refractivity contribution in [1.29, 1.82) is 0 Å². The first-order valence-electron chi connectivity index (χ1n) is 4.63. The number of carbonyl (C=O) groups excluding carboxylic acids is 1. The van der Waals surface area contributed by atoms with E-state index in [-0.39, 0.29) is 5.92 Å². The average Bonchev–Trinajstić information content (AvgIpc) is 2.05. The summed E-state index contributed by atoms with van der Waals surface area (Å²) in [6.45, 7) is 11.7. The molecule has 0 radical (unpaired) electrons. The van der Waals surface area contributed by atoms with Gasteiger partial charge >= 0.3 is 0 Å². The summed E-state index contributed by atoms with van der Waals surface area (Å²) in [7, 11) is 0. The van der Waals surface area contributed by atoms with Gasteiger partial charge in [0.2, 0.25) is 0 Å². The molecule has 0 N–H and O–H groups in total. The molecule has 0 fully saturated rings. The van der Waals surface area contributed by atoms with Crippen LogP contribution in [0, 0.1) is 11.8 Å². The van der Waals surface area contributed by atoms with Crippen LogP contribution >= 0.6 is 0 Å². The molecular formula is C10H22O2. The molecule has 0 bridgehead atoms. The maximum absolute atomic E-state index is 9.95. The third kappa shape index (κ3) is 12.3. The molecule has 0 aromatic carbocycles. The molecule has 0 aromatic heterocycles. The molecule has 0 saturated carbocycles. The fourth-order valence-corrected chi connectivity index (χ4v) is 0.361. The summed E-state index contributed by atoms with van der Waals surface area (Å²) in [5.41, 5.74) is 0. The number of carbonyl (C=O) groups is 1. The molecule has 0 aliphatic carbocycles. The number of hydrogen-bond acceptors (Lipinski definition) is 2. The van der Waals surface area contributed by atoms with Crippen LogP contribution in [0.1, 0.15) is 34.6 Å². The summed E-state index contributed by atoms with van der Waals surface area (Å²) >= 11 is 0. The van der Waals surface area contributed by atoms with Gasteiger partial charge < -0.3 is 9.53 Å². The Bertz CT molecular complexity index is 87.8. The normalized spacial score (nSPS) is 11.8. The largest absolute Gasteiger partial charge is 0.382 e. The number of ether oxygens (including phenoxy) is 1. The average molecular weight is 174 g/mol. The maximum atomic E-state index is 9.95. The van der Waals surface area contributed by atoms with Crippen LogP contribution in [0.4, 0.5) is 0 Å². The zero-order valence-electron chi connectivity index (χ0n) is 8.96. The SMILES string of the molecule is CC(C)C(C)C=O.CCOCC. The minimum Gasteiger partial charge on any atom is -0.382 e. The van der Waals surface area contributed by atoms with Gasteiger partial charge in [-0.1, -0.05) is 20.8 Å². The lowest BCUT2D eigenvalue weighted by Crippen LogP contribution is -2.03. The Morgan fingerprint density at radius 1 is 1.17 bits per heavy atom. The lowest BCUT2D eigenvalue weighted by molar-refractivity contribution is -0.111. The van der Waals surface area contributed by atoms with Gasteiger partial charge in [-0.15, -0.1) is 0 Å². The van der Waals surface area contributed by atoms with E-state index in [0.717, 1.165) is 19.5 Å². The zero-order valence-corrected chi connectivity index (χ0v) is 8.96. The van der Waals surface area contributed by atoms with E-state index in [1.165, 1.54) is 0 Å². The highest BCUT2D eigenvalue weighted by Crippen LogP contribution is 2.04. The Kier molecular flexibility index (Phi) is 12.6. The van der Waals surface area contributed by atoms with E-state index in [9.17, 15) is 4.79 Å². The third-order valence-electron chi connectivity index (χ3n) is 1.67. The minimum absolute atomic E-state index is 0.222. The highest BCUT2D eigenvalue weighted by molar-refractivity contribution is 5.52. The quantitative estimate of drug-likeness (QED) is 0.612. The standard InChI is InChI=1S/C6H12O.C4H10O/c1-5(2)6(3)4-7;1-3-5-4-2/h4-6H,1-3H3;3-4H2,1-2H3. The second kappa shape index (κ2) is 10.6. The molecule has 12 heavy (non-hydrogen) atoms. The van der Waals surface area contributed by atoms with Gasteiger partial charge in [0.25, 0.3) is 0 Å².